The zero-order chi connectivity index (χ0) is 22.5. The van der Waals surface area contributed by atoms with Gasteiger partial charge in [0.25, 0.3) is 0 Å². The van der Waals surface area contributed by atoms with Crippen LogP contribution in [-0.4, -0.2) is 5.66 Å². The second-order valence-electron chi connectivity index (χ2n) is 8.15. The third kappa shape index (κ3) is 4.81. The van der Waals surface area contributed by atoms with Crippen LogP contribution in [0.4, 0.5) is 0 Å². The lowest BCUT2D eigenvalue weighted by atomic mass is 10.2. The van der Waals surface area contributed by atoms with Gasteiger partial charge in [0.2, 0.25) is 0 Å². The molecular formula is C31H27P2. The molecule has 0 N–H and O–H groups in total. The molecule has 0 saturated carbocycles. The molecule has 2 atom stereocenters. The molecule has 1 radical (unpaired) electrons. The molecule has 0 nitrogen and oxygen atoms in total. The van der Waals surface area contributed by atoms with Crippen molar-refractivity contribution in [2.45, 2.75) is 19.0 Å². The van der Waals surface area contributed by atoms with Crippen molar-refractivity contribution < 1.29 is 0 Å². The summed E-state index contributed by atoms with van der Waals surface area (Å²) in [5.74, 6) is 0. The first-order valence-corrected chi connectivity index (χ1v) is 14.2. The molecule has 3 aromatic rings. The van der Waals surface area contributed by atoms with Crippen molar-refractivity contribution in [3.63, 3.8) is 0 Å². The molecule has 3 aromatic carbocycles. The minimum Gasteiger partial charge on any atom is -0.116 e. The molecule has 5 rings (SSSR count). The van der Waals surface area contributed by atoms with E-state index in [1.807, 2.05) is 0 Å². The van der Waals surface area contributed by atoms with Crippen molar-refractivity contribution in [1.82, 2.24) is 0 Å². The van der Waals surface area contributed by atoms with Gasteiger partial charge in [-0.3, -0.25) is 0 Å². The third-order valence-electron chi connectivity index (χ3n) is 6.04. The van der Waals surface area contributed by atoms with Crippen LogP contribution in [0.3, 0.4) is 0 Å². The molecule has 2 heteroatoms. The van der Waals surface area contributed by atoms with Gasteiger partial charge < -0.3 is 0 Å². The third-order valence-corrected chi connectivity index (χ3v) is 11.4. The second kappa shape index (κ2) is 10.5. The van der Waals surface area contributed by atoms with E-state index in [-0.39, 0.29) is 0 Å². The SMILES string of the molecule is C[C@H](C1=C=CC=C1P(c1ccccc1)c1ccccc1)P(C1=C[CH]C=CC1)c1ccccc1. The van der Waals surface area contributed by atoms with Crippen molar-refractivity contribution in [2.24, 2.45) is 0 Å². The Labute approximate surface area is 200 Å². The van der Waals surface area contributed by atoms with E-state index in [2.05, 4.69) is 140 Å². The standard InChI is InChI=1S/C31H27P2/c1-25(32(26-15-6-2-7-16-26)27-17-8-3-9-18-27)30-23-14-24-31(30)33(28-19-10-4-11-20-28)29-21-12-5-13-22-29/h2-17,19-22,24-25H,18H2,1H3/t25-,32?/m1/s1. The fraction of sp³-hybridized carbons (Fsp3) is 0.0968. The largest absolute Gasteiger partial charge is 0.116 e. The van der Waals surface area contributed by atoms with Gasteiger partial charge in [-0.15, -0.1) is 5.73 Å². The molecule has 0 saturated heterocycles. The molecule has 161 valence electrons. The molecule has 2 aliphatic carbocycles. The topological polar surface area (TPSA) is 0 Å². The number of allylic oxidation sites excluding steroid dienone is 7. The Hall–Kier alpha value is -2.74. The first kappa shape index (κ1) is 22.1. The van der Waals surface area contributed by atoms with E-state index in [0.717, 1.165) is 6.42 Å². The summed E-state index contributed by atoms with van der Waals surface area (Å²) in [4.78, 5) is 0. The van der Waals surface area contributed by atoms with Gasteiger partial charge in [0.15, 0.2) is 0 Å². The molecule has 0 amide bonds. The van der Waals surface area contributed by atoms with Gasteiger partial charge in [-0.25, -0.2) is 0 Å². The highest BCUT2D eigenvalue weighted by atomic mass is 31.1. The van der Waals surface area contributed by atoms with E-state index < -0.39 is 15.8 Å². The van der Waals surface area contributed by atoms with Crippen molar-refractivity contribution >= 4 is 31.8 Å². The smallest absolute Gasteiger partial charge is 0.0171 e. The lowest BCUT2D eigenvalue weighted by molar-refractivity contribution is 1.15. The predicted octanol–water partition coefficient (Wildman–Crippen LogP) is 7.34. The van der Waals surface area contributed by atoms with Crippen molar-refractivity contribution in [2.75, 3.05) is 0 Å². The highest BCUT2D eigenvalue weighted by Crippen LogP contribution is 2.58. The first-order valence-electron chi connectivity index (χ1n) is 11.4. The normalized spacial score (nSPS) is 16.8. The Morgan fingerprint density at radius 2 is 1.30 bits per heavy atom. The molecule has 0 aromatic heterocycles. The Morgan fingerprint density at radius 3 is 1.85 bits per heavy atom. The first-order chi connectivity index (χ1) is 16.3. The molecule has 0 bridgehead atoms. The van der Waals surface area contributed by atoms with E-state index in [4.69, 9.17) is 0 Å². The predicted molar refractivity (Wildman–Crippen MR) is 147 cm³/mol. The quantitative estimate of drug-likeness (QED) is 0.255. The molecule has 0 heterocycles. The summed E-state index contributed by atoms with van der Waals surface area (Å²) in [6, 6.07) is 33.1. The lowest BCUT2D eigenvalue weighted by Crippen LogP contribution is -2.19. The van der Waals surface area contributed by atoms with Crippen LogP contribution in [-0.2, 0) is 0 Å². The maximum atomic E-state index is 3.69. The minimum atomic E-state index is -0.635. The van der Waals surface area contributed by atoms with Crippen molar-refractivity contribution in [3.05, 3.63) is 150 Å². The van der Waals surface area contributed by atoms with E-state index in [9.17, 15) is 0 Å². The average Bonchev–Trinajstić information content (AvgIpc) is 3.36. The van der Waals surface area contributed by atoms with E-state index >= 15 is 0 Å². The Morgan fingerprint density at radius 1 is 0.727 bits per heavy atom. The van der Waals surface area contributed by atoms with Gasteiger partial charge in [-0.05, 0) is 61.0 Å². The highest BCUT2D eigenvalue weighted by molar-refractivity contribution is 7.77. The van der Waals surface area contributed by atoms with Crippen LogP contribution in [0, 0.1) is 6.42 Å². The molecule has 0 aliphatic heterocycles. The van der Waals surface area contributed by atoms with Gasteiger partial charge in [-0.2, -0.15) is 0 Å². The van der Waals surface area contributed by atoms with Crippen molar-refractivity contribution in [3.8, 4) is 0 Å². The minimum absolute atomic E-state index is 0.385. The Kier molecular flexibility index (Phi) is 7.00. The van der Waals surface area contributed by atoms with Crippen LogP contribution < -0.4 is 15.9 Å². The average molecular weight is 462 g/mol. The van der Waals surface area contributed by atoms with E-state index in [0.29, 0.717) is 5.66 Å². The van der Waals surface area contributed by atoms with Crippen molar-refractivity contribution in [1.29, 1.82) is 0 Å². The molecule has 0 fully saturated rings. The summed E-state index contributed by atoms with van der Waals surface area (Å²) in [6.45, 7) is 2.41. The zero-order valence-corrected chi connectivity index (χ0v) is 20.6. The van der Waals surface area contributed by atoms with Gasteiger partial charge in [-0.1, -0.05) is 116 Å². The number of benzene rings is 3. The summed E-state index contributed by atoms with van der Waals surface area (Å²) in [5.41, 5.74) is 5.45. The monoisotopic (exact) mass is 461 g/mol. The molecular weight excluding hydrogens is 434 g/mol. The summed E-state index contributed by atoms with van der Waals surface area (Å²) in [6.07, 6.45) is 14.5. The maximum absolute atomic E-state index is 3.69. The summed E-state index contributed by atoms with van der Waals surface area (Å²) in [7, 11) is -1.14. The summed E-state index contributed by atoms with van der Waals surface area (Å²) in [5, 5.41) is 7.21. The molecule has 2 aliphatic rings. The van der Waals surface area contributed by atoms with Gasteiger partial charge >= 0.3 is 0 Å². The Balaban J connectivity index is 1.56. The maximum Gasteiger partial charge on any atom is 0.0171 e. The molecule has 1 unspecified atom stereocenters. The number of hydrogen-bond acceptors (Lipinski definition) is 0. The number of rotatable bonds is 7. The number of hydrogen-bond donors (Lipinski definition) is 0. The van der Waals surface area contributed by atoms with Gasteiger partial charge in [0, 0.05) is 17.7 Å². The molecule has 33 heavy (non-hydrogen) atoms. The van der Waals surface area contributed by atoms with Crippen LogP contribution >= 0.6 is 15.8 Å². The fourth-order valence-corrected chi connectivity index (χ4v) is 9.93. The summed E-state index contributed by atoms with van der Waals surface area (Å²) >= 11 is 0. The van der Waals surface area contributed by atoms with Gasteiger partial charge in [0.1, 0.15) is 0 Å². The van der Waals surface area contributed by atoms with E-state index in [1.54, 1.807) is 0 Å². The zero-order valence-electron chi connectivity index (χ0n) is 18.8. The fourth-order valence-electron chi connectivity index (χ4n) is 4.52. The molecule has 0 spiro atoms. The van der Waals surface area contributed by atoms with Crippen LogP contribution in [0.1, 0.15) is 13.3 Å². The van der Waals surface area contributed by atoms with Crippen LogP contribution in [0.15, 0.2) is 143 Å². The van der Waals surface area contributed by atoms with Crippen LogP contribution in [0.5, 0.6) is 0 Å². The Bertz CT molecular complexity index is 1200. The van der Waals surface area contributed by atoms with E-state index in [1.165, 1.54) is 32.1 Å². The van der Waals surface area contributed by atoms with Gasteiger partial charge in [0.05, 0.1) is 0 Å². The second-order valence-corrected chi connectivity index (χ2v) is 12.9. The highest BCUT2D eigenvalue weighted by Gasteiger charge is 2.32. The van der Waals surface area contributed by atoms with Crippen LogP contribution in [0.25, 0.3) is 0 Å². The van der Waals surface area contributed by atoms with Crippen LogP contribution in [0.2, 0.25) is 0 Å². The summed E-state index contributed by atoms with van der Waals surface area (Å²) < 4.78 is 0. The lowest BCUT2D eigenvalue weighted by Gasteiger charge is -2.32.